The molecule has 1 heterocycles. The molecule has 0 saturated carbocycles. The largest absolute Gasteiger partial charge is 0.488 e. The number of halogens is 2. The maximum Gasteiger partial charge on any atom is 0.225 e. The third-order valence-corrected chi connectivity index (χ3v) is 3.18. The summed E-state index contributed by atoms with van der Waals surface area (Å²) < 4.78 is 19.7. The fraction of sp³-hybridized carbons (Fsp3) is 0.0625. The molecule has 0 radical (unpaired) electrons. The van der Waals surface area contributed by atoms with E-state index < -0.39 is 5.95 Å². The van der Waals surface area contributed by atoms with E-state index in [4.69, 9.17) is 16.3 Å². The van der Waals surface area contributed by atoms with Crippen molar-refractivity contribution in [3.8, 4) is 5.75 Å². The van der Waals surface area contributed by atoms with E-state index in [0.29, 0.717) is 23.1 Å². The van der Waals surface area contributed by atoms with Crippen molar-refractivity contribution in [1.82, 2.24) is 4.98 Å². The average Bonchev–Trinajstić information content (AvgIpc) is 2.45. The van der Waals surface area contributed by atoms with Gasteiger partial charge in [0, 0.05) is 0 Å². The summed E-state index contributed by atoms with van der Waals surface area (Å²) in [5, 5.41) is 1.16. The maximum absolute atomic E-state index is 14.0. The Balaban J connectivity index is 1.96. The van der Waals surface area contributed by atoms with Crippen molar-refractivity contribution in [1.29, 1.82) is 0 Å². The van der Waals surface area contributed by atoms with E-state index in [9.17, 15) is 4.39 Å². The van der Waals surface area contributed by atoms with Crippen molar-refractivity contribution in [2.24, 2.45) is 0 Å². The fourth-order valence-corrected chi connectivity index (χ4v) is 2.25. The van der Waals surface area contributed by atoms with Crippen LogP contribution in [0.5, 0.6) is 5.75 Å². The average molecular weight is 288 g/mol. The number of hydrogen-bond donors (Lipinski definition) is 0. The van der Waals surface area contributed by atoms with Gasteiger partial charge in [0.15, 0.2) is 0 Å². The summed E-state index contributed by atoms with van der Waals surface area (Å²) in [5.74, 6) is -0.149. The number of fused-ring (bicyclic) bond motifs is 1. The zero-order valence-electron chi connectivity index (χ0n) is 10.5. The Labute approximate surface area is 120 Å². The Bertz CT molecular complexity index is 746. The molecule has 0 fully saturated rings. The highest BCUT2D eigenvalue weighted by Gasteiger charge is 2.10. The van der Waals surface area contributed by atoms with Crippen LogP contribution in [0.3, 0.4) is 0 Å². The number of rotatable bonds is 3. The summed E-state index contributed by atoms with van der Waals surface area (Å²) >= 11 is 5.76. The van der Waals surface area contributed by atoms with Gasteiger partial charge in [-0.1, -0.05) is 54.1 Å². The fourth-order valence-electron chi connectivity index (χ4n) is 2.06. The molecule has 0 atom stereocenters. The van der Waals surface area contributed by atoms with E-state index in [1.807, 2.05) is 30.3 Å². The number of aromatic nitrogens is 1. The molecule has 0 saturated heterocycles. The van der Waals surface area contributed by atoms with Gasteiger partial charge in [-0.2, -0.15) is 4.39 Å². The van der Waals surface area contributed by atoms with Gasteiger partial charge in [-0.25, -0.2) is 4.98 Å². The number of hydrogen-bond acceptors (Lipinski definition) is 2. The second-order valence-corrected chi connectivity index (χ2v) is 4.75. The molecule has 100 valence electrons. The van der Waals surface area contributed by atoms with Crippen LogP contribution in [-0.4, -0.2) is 4.98 Å². The van der Waals surface area contributed by atoms with E-state index in [1.54, 1.807) is 24.3 Å². The standard InChI is InChI=1S/C16H11ClFNO/c17-14-9-12-7-4-8-13(15(12)16(18)19-14)20-10-11-5-2-1-3-6-11/h1-9H,10H2. The monoisotopic (exact) mass is 287 g/mol. The van der Waals surface area contributed by atoms with Crippen LogP contribution in [0.15, 0.2) is 54.6 Å². The third kappa shape index (κ3) is 2.58. The molecule has 0 amide bonds. The molecule has 1 aromatic heterocycles. The van der Waals surface area contributed by atoms with Gasteiger partial charge in [-0.3, -0.25) is 0 Å². The highest BCUT2D eigenvalue weighted by atomic mass is 35.5. The Morgan fingerprint density at radius 1 is 1.05 bits per heavy atom. The van der Waals surface area contributed by atoms with Gasteiger partial charge < -0.3 is 4.74 Å². The van der Waals surface area contributed by atoms with Crippen molar-refractivity contribution in [2.75, 3.05) is 0 Å². The molecule has 0 spiro atoms. The van der Waals surface area contributed by atoms with Crippen LogP contribution in [0.25, 0.3) is 10.8 Å². The molecular formula is C16H11ClFNO. The first-order chi connectivity index (χ1) is 9.74. The van der Waals surface area contributed by atoms with Gasteiger partial charge in [0.25, 0.3) is 0 Å². The van der Waals surface area contributed by atoms with Crippen molar-refractivity contribution in [3.63, 3.8) is 0 Å². The first-order valence-corrected chi connectivity index (χ1v) is 6.53. The predicted molar refractivity (Wildman–Crippen MR) is 77.5 cm³/mol. The summed E-state index contributed by atoms with van der Waals surface area (Å²) in [4.78, 5) is 3.64. The second-order valence-electron chi connectivity index (χ2n) is 4.36. The zero-order chi connectivity index (χ0) is 13.9. The molecule has 2 aromatic carbocycles. The minimum Gasteiger partial charge on any atom is -0.488 e. The Morgan fingerprint density at radius 2 is 1.85 bits per heavy atom. The summed E-state index contributed by atoms with van der Waals surface area (Å²) in [6.07, 6.45) is 0. The van der Waals surface area contributed by atoms with Crippen LogP contribution in [0.4, 0.5) is 4.39 Å². The SMILES string of the molecule is Fc1nc(Cl)cc2cccc(OCc3ccccc3)c12. The summed E-state index contributed by atoms with van der Waals surface area (Å²) in [6, 6.07) is 16.6. The molecule has 0 aliphatic carbocycles. The van der Waals surface area contributed by atoms with Crippen LogP contribution in [0, 0.1) is 5.95 Å². The molecule has 4 heteroatoms. The van der Waals surface area contributed by atoms with E-state index >= 15 is 0 Å². The lowest BCUT2D eigenvalue weighted by molar-refractivity contribution is 0.309. The van der Waals surface area contributed by atoms with Crippen molar-refractivity contribution >= 4 is 22.4 Å². The smallest absolute Gasteiger partial charge is 0.225 e. The molecule has 0 aliphatic heterocycles. The van der Waals surface area contributed by atoms with Crippen LogP contribution in [0.2, 0.25) is 5.15 Å². The van der Waals surface area contributed by atoms with Gasteiger partial charge >= 0.3 is 0 Å². The minimum absolute atomic E-state index is 0.134. The Kier molecular flexibility index (Phi) is 3.52. The predicted octanol–water partition coefficient (Wildman–Crippen LogP) is 4.61. The molecular weight excluding hydrogens is 277 g/mol. The molecule has 0 bridgehead atoms. The molecule has 20 heavy (non-hydrogen) atoms. The van der Waals surface area contributed by atoms with Gasteiger partial charge in [-0.15, -0.1) is 0 Å². The van der Waals surface area contributed by atoms with Gasteiger partial charge in [0.2, 0.25) is 5.95 Å². The van der Waals surface area contributed by atoms with Gasteiger partial charge in [0.05, 0.1) is 5.39 Å². The quantitative estimate of drug-likeness (QED) is 0.657. The lowest BCUT2D eigenvalue weighted by atomic mass is 10.1. The Hall–Kier alpha value is -2.13. The molecule has 3 rings (SSSR count). The number of pyridine rings is 1. The topological polar surface area (TPSA) is 22.1 Å². The lowest BCUT2D eigenvalue weighted by Gasteiger charge is -2.10. The number of ether oxygens (including phenoxy) is 1. The summed E-state index contributed by atoms with van der Waals surface area (Å²) in [6.45, 7) is 0.377. The number of nitrogens with zero attached hydrogens (tertiary/aromatic N) is 1. The van der Waals surface area contributed by atoms with Crippen LogP contribution in [-0.2, 0) is 6.61 Å². The van der Waals surface area contributed by atoms with Crippen LogP contribution < -0.4 is 4.74 Å². The second kappa shape index (κ2) is 5.47. The molecule has 0 aliphatic rings. The van der Waals surface area contributed by atoms with Gasteiger partial charge in [-0.05, 0) is 23.1 Å². The van der Waals surface area contributed by atoms with Gasteiger partial charge in [0.1, 0.15) is 17.5 Å². The molecule has 0 unspecified atom stereocenters. The third-order valence-electron chi connectivity index (χ3n) is 2.98. The zero-order valence-corrected chi connectivity index (χ0v) is 11.3. The van der Waals surface area contributed by atoms with Crippen molar-refractivity contribution in [2.45, 2.75) is 6.61 Å². The first-order valence-electron chi connectivity index (χ1n) is 6.15. The van der Waals surface area contributed by atoms with E-state index in [1.165, 1.54) is 0 Å². The summed E-state index contributed by atoms with van der Waals surface area (Å²) in [7, 11) is 0. The highest BCUT2D eigenvalue weighted by molar-refractivity contribution is 6.30. The van der Waals surface area contributed by atoms with E-state index in [2.05, 4.69) is 4.98 Å². The molecule has 2 nitrogen and oxygen atoms in total. The van der Waals surface area contributed by atoms with Crippen LogP contribution in [0.1, 0.15) is 5.56 Å². The number of benzene rings is 2. The van der Waals surface area contributed by atoms with Crippen molar-refractivity contribution in [3.05, 3.63) is 71.3 Å². The highest BCUT2D eigenvalue weighted by Crippen LogP contribution is 2.29. The lowest BCUT2D eigenvalue weighted by Crippen LogP contribution is -1.97. The van der Waals surface area contributed by atoms with E-state index in [-0.39, 0.29) is 5.15 Å². The Morgan fingerprint density at radius 3 is 2.65 bits per heavy atom. The van der Waals surface area contributed by atoms with Crippen molar-refractivity contribution < 1.29 is 9.13 Å². The van der Waals surface area contributed by atoms with Crippen LogP contribution >= 0.6 is 11.6 Å². The molecule has 3 aromatic rings. The van der Waals surface area contributed by atoms with E-state index in [0.717, 1.165) is 5.56 Å². The minimum atomic E-state index is -0.615. The maximum atomic E-state index is 14.0. The first kappa shape index (κ1) is 12.9. The normalized spacial score (nSPS) is 10.7. The molecule has 0 N–H and O–H groups in total. The summed E-state index contributed by atoms with van der Waals surface area (Å²) in [5.41, 5.74) is 1.02.